The van der Waals surface area contributed by atoms with E-state index < -0.39 is 0 Å². The smallest absolute Gasteiger partial charge is 0.262 e. The summed E-state index contributed by atoms with van der Waals surface area (Å²) in [6.07, 6.45) is 2.20. The largest absolute Gasteiger partial charge is 0.497 e. The van der Waals surface area contributed by atoms with Gasteiger partial charge in [-0.15, -0.1) is 0 Å². The molecular formula is C27H26N2O5. The van der Waals surface area contributed by atoms with Gasteiger partial charge in [-0.3, -0.25) is 14.2 Å². The van der Waals surface area contributed by atoms with Gasteiger partial charge in [0.15, 0.2) is 11.5 Å². The molecule has 174 valence electrons. The number of fused-ring (bicyclic) bond motifs is 1. The number of ether oxygens (including phenoxy) is 3. The Morgan fingerprint density at radius 2 is 1.62 bits per heavy atom. The number of nitrogens with one attached hydrogen (secondary N) is 1. The molecule has 34 heavy (non-hydrogen) atoms. The van der Waals surface area contributed by atoms with Crippen LogP contribution in [0.15, 0.2) is 77.7 Å². The van der Waals surface area contributed by atoms with E-state index in [1.165, 1.54) is 4.57 Å². The van der Waals surface area contributed by atoms with Crippen molar-refractivity contribution >= 4 is 16.7 Å². The molecule has 0 aliphatic carbocycles. The van der Waals surface area contributed by atoms with Crippen LogP contribution in [-0.4, -0.2) is 38.3 Å². The molecule has 3 aromatic carbocycles. The summed E-state index contributed by atoms with van der Waals surface area (Å²) in [7, 11) is 4.75. The number of amides is 1. The SMILES string of the molecule is COc1cccc(-n2cc(C(=O)NCCc3ccc(OC)c(OC)c3)c3ccccc3c2=O)c1. The molecule has 0 bridgehead atoms. The molecule has 7 nitrogen and oxygen atoms in total. The van der Waals surface area contributed by atoms with E-state index in [1.54, 1.807) is 70.0 Å². The molecule has 1 heterocycles. The second-order valence-corrected chi connectivity index (χ2v) is 7.66. The van der Waals surface area contributed by atoms with Crippen LogP contribution in [0.4, 0.5) is 0 Å². The topological polar surface area (TPSA) is 78.8 Å². The minimum atomic E-state index is -0.256. The van der Waals surface area contributed by atoms with Crippen LogP contribution in [0.2, 0.25) is 0 Å². The number of benzene rings is 3. The van der Waals surface area contributed by atoms with Gasteiger partial charge in [-0.25, -0.2) is 0 Å². The molecule has 0 spiro atoms. The van der Waals surface area contributed by atoms with E-state index >= 15 is 0 Å². The minimum absolute atomic E-state index is 0.203. The average molecular weight is 459 g/mol. The first kappa shape index (κ1) is 22.9. The Morgan fingerprint density at radius 3 is 2.35 bits per heavy atom. The normalized spacial score (nSPS) is 10.7. The van der Waals surface area contributed by atoms with E-state index in [4.69, 9.17) is 14.2 Å². The van der Waals surface area contributed by atoms with Gasteiger partial charge in [0.05, 0.1) is 32.6 Å². The molecule has 0 saturated carbocycles. The Balaban J connectivity index is 1.62. The average Bonchev–Trinajstić information content (AvgIpc) is 2.88. The molecule has 0 radical (unpaired) electrons. The van der Waals surface area contributed by atoms with Crippen LogP contribution in [0, 0.1) is 0 Å². The molecule has 1 amide bonds. The summed E-state index contributed by atoms with van der Waals surface area (Å²) in [4.78, 5) is 26.4. The van der Waals surface area contributed by atoms with Gasteiger partial charge in [0.2, 0.25) is 0 Å². The number of pyridine rings is 1. The zero-order chi connectivity index (χ0) is 24.1. The fourth-order valence-electron chi connectivity index (χ4n) is 3.88. The Morgan fingerprint density at radius 1 is 0.853 bits per heavy atom. The highest BCUT2D eigenvalue weighted by molar-refractivity contribution is 6.06. The molecular weight excluding hydrogens is 432 g/mol. The van der Waals surface area contributed by atoms with Crippen molar-refractivity contribution in [3.8, 4) is 22.9 Å². The molecule has 0 unspecified atom stereocenters. The maximum absolute atomic E-state index is 13.2. The Bertz CT molecular complexity index is 1390. The van der Waals surface area contributed by atoms with Crippen LogP contribution in [0.25, 0.3) is 16.5 Å². The van der Waals surface area contributed by atoms with Crippen LogP contribution < -0.4 is 25.1 Å². The molecule has 1 aromatic heterocycles. The van der Waals surface area contributed by atoms with Crippen molar-refractivity contribution in [2.24, 2.45) is 0 Å². The number of aromatic nitrogens is 1. The lowest BCUT2D eigenvalue weighted by atomic mass is 10.1. The lowest BCUT2D eigenvalue weighted by Crippen LogP contribution is -2.28. The van der Waals surface area contributed by atoms with Gasteiger partial charge in [-0.05, 0) is 42.3 Å². The van der Waals surface area contributed by atoms with Gasteiger partial charge in [0, 0.05) is 29.6 Å². The summed E-state index contributed by atoms with van der Waals surface area (Å²) in [5.41, 5.74) is 1.84. The van der Waals surface area contributed by atoms with Gasteiger partial charge >= 0.3 is 0 Å². The standard InChI is InChI=1S/C27H26N2O5/c1-32-20-8-6-7-19(16-20)29-17-23(21-9-4-5-10-22(21)27(29)31)26(30)28-14-13-18-11-12-24(33-2)25(15-18)34-3/h4-12,15-17H,13-14H2,1-3H3,(H,28,30). The molecule has 1 N–H and O–H groups in total. The van der Waals surface area contributed by atoms with Crippen molar-refractivity contribution in [3.05, 3.63) is 94.4 Å². The van der Waals surface area contributed by atoms with E-state index in [0.717, 1.165) is 5.56 Å². The number of nitrogens with zero attached hydrogens (tertiary/aromatic N) is 1. The Kier molecular flexibility index (Phi) is 6.82. The van der Waals surface area contributed by atoms with Crippen LogP contribution in [0.5, 0.6) is 17.2 Å². The first-order valence-electron chi connectivity index (χ1n) is 10.8. The molecule has 4 aromatic rings. The zero-order valence-electron chi connectivity index (χ0n) is 19.3. The number of carbonyl (C=O) groups excluding carboxylic acids is 1. The molecule has 0 atom stereocenters. The lowest BCUT2D eigenvalue weighted by molar-refractivity contribution is 0.0955. The highest BCUT2D eigenvalue weighted by Crippen LogP contribution is 2.27. The van der Waals surface area contributed by atoms with Crippen molar-refractivity contribution in [2.75, 3.05) is 27.9 Å². The summed E-state index contributed by atoms with van der Waals surface area (Å²) >= 11 is 0. The van der Waals surface area contributed by atoms with Crippen molar-refractivity contribution in [2.45, 2.75) is 6.42 Å². The second-order valence-electron chi connectivity index (χ2n) is 7.66. The lowest BCUT2D eigenvalue weighted by Gasteiger charge is -2.14. The molecule has 0 fully saturated rings. The first-order valence-corrected chi connectivity index (χ1v) is 10.8. The third-order valence-corrected chi connectivity index (χ3v) is 5.65. The molecule has 0 aliphatic heterocycles. The second kappa shape index (κ2) is 10.1. The summed E-state index contributed by atoms with van der Waals surface area (Å²) < 4.78 is 17.4. The van der Waals surface area contributed by atoms with Crippen molar-refractivity contribution in [1.29, 1.82) is 0 Å². The Labute approximate surface area is 197 Å². The fraction of sp³-hybridized carbons (Fsp3) is 0.185. The third kappa shape index (κ3) is 4.59. The van der Waals surface area contributed by atoms with Gasteiger partial charge in [-0.1, -0.05) is 30.3 Å². The summed E-state index contributed by atoms with van der Waals surface area (Å²) in [5.74, 6) is 1.66. The van der Waals surface area contributed by atoms with E-state index in [2.05, 4.69) is 5.32 Å². The van der Waals surface area contributed by atoms with Crippen LogP contribution in [-0.2, 0) is 6.42 Å². The predicted octanol–water partition coefficient (Wildman–Crippen LogP) is 3.99. The molecule has 7 heteroatoms. The van der Waals surface area contributed by atoms with Gasteiger partial charge in [-0.2, -0.15) is 0 Å². The highest BCUT2D eigenvalue weighted by atomic mass is 16.5. The molecule has 0 aliphatic rings. The number of rotatable bonds is 8. The maximum Gasteiger partial charge on any atom is 0.262 e. The minimum Gasteiger partial charge on any atom is -0.497 e. The van der Waals surface area contributed by atoms with Gasteiger partial charge in [0.1, 0.15) is 5.75 Å². The van der Waals surface area contributed by atoms with E-state index in [-0.39, 0.29) is 11.5 Å². The van der Waals surface area contributed by atoms with E-state index in [1.807, 2.05) is 24.3 Å². The monoisotopic (exact) mass is 458 g/mol. The van der Waals surface area contributed by atoms with Crippen molar-refractivity contribution in [3.63, 3.8) is 0 Å². The summed E-state index contributed by atoms with van der Waals surface area (Å²) in [6, 6.07) is 20.0. The summed E-state index contributed by atoms with van der Waals surface area (Å²) in [5, 5.41) is 4.05. The highest BCUT2D eigenvalue weighted by Gasteiger charge is 2.16. The predicted molar refractivity (Wildman–Crippen MR) is 132 cm³/mol. The van der Waals surface area contributed by atoms with Gasteiger partial charge < -0.3 is 19.5 Å². The van der Waals surface area contributed by atoms with Crippen LogP contribution in [0.3, 0.4) is 0 Å². The summed E-state index contributed by atoms with van der Waals surface area (Å²) in [6.45, 7) is 0.418. The van der Waals surface area contributed by atoms with E-state index in [9.17, 15) is 9.59 Å². The first-order chi connectivity index (χ1) is 16.5. The van der Waals surface area contributed by atoms with Gasteiger partial charge in [0.25, 0.3) is 11.5 Å². The van der Waals surface area contributed by atoms with E-state index in [0.29, 0.717) is 52.2 Å². The third-order valence-electron chi connectivity index (χ3n) is 5.65. The number of hydrogen-bond acceptors (Lipinski definition) is 5. The quantitative estimate of drug-likeness (QED) is 0.432. The van der Waals surface area contributed by atoms with Crippen molar-refractivity contribution < 1.29 is 19.0 Å². The number of hydrogen-bond donors (Lipinski definition) is 1. The Hall–Kier alpha value is -4.26. The van der Waals surface area contributed by atoms with Crippen LogP contribution in [0.1, 0.15) is 15.9 Å². The number of methoxy groups -OCH3 is 3. The van der Waals surface area contributed by atoms with Crippen LogP contribution >= 0.6 is 0 Å². The zero-order valence-corrected chi connectivity index (χ0v) is 19.3. The number of carbonyl (C=O) groups is 1. The molecule has 0 saturated heterocycles. The maximum atomic E-state index is 13.2. The van der Waals surface area contributed by atoms with Crippen molar-refractivity contribution in [1.82, 2.24) is 9.88 Å². The fourth-order valence-corrected chi connectivity index (χ4v) is 3.88. The molecule has 4 rings (SSSR count).